The molecule has 0 spiro atoms. The van der Waals surface area contributed by atoms with E-state index < -0.39 is 0 Å². The van der Waals surface area contributed by atoms with Crippen molar-refractivity contribution < 1.29 is 14.6 Å². The standard InChI is InChI=1S/C11H15NO3S/c1-15-9-4-6-16-10(9)11(14)12-5-2-3-8(13)7-12/h4,6,8,13H,2-3,5,7H2,1H3/t8-/m0/s1. The van der Waals surface area contributed by atoms with E-state index in [1.807, 2.05) is 5.38 Å². The minimum Gasteiger partial charge on any atom is -0.495 e. The normalized spacial score (nSPS) is 20.9. The summed E-state index contributed by atoms with van der Waals surface area (Å²) in [5.41, 5.74) is 0. The number of β-amino-alcohol motifs (C(OH)–C–C–N with tert-alkyl or cyclic N) is 1. The second kappa shape index (κ2) is 4.84. The second-order valence-corrected chi connectivity index (χ2v) is 4.78. The van der Waals surface area contributed by atoms with Crippen LogP contribution in [0.1, 0.15) is 22.5 Å². The van der Waals surface area contributed by atoms with E-state index in [0.717, 1.165) is 19.4 Å². The average molecular weight is 241 g/mol. The molecule has 4 nitrogen and oxygen atoms in total. The van der Waals surface area contributed by atoms with Crippen molar-refractivity contribution in [3.05, 3.63) is 16.3 Å². The van der Waals surface area contributed by atoms with Gasteiger partial charge in [0, 0.05) is 13.1 Å². The smallest absolute Gasteiger partial charge is 0.267 e. The molecule has 1 atom stereocenters. The third-order valence-electron chi connectivity index (χ3n) is 2.73. The quantitative estimate of drug-likeness (QED) is 0.850. The zero-order valence-electron chi connectivity index (χ0n) is 9.18. The second-order valence-electron chi connectivity index (χ2n) is 3.87. The average Bonchev–Trinajstić information content (AvgIpc) is 2.76. The van der Waals surface area contributed by atoms with Crippen LogP contribution in [-0.4, -0.2) is 42.2 Å². The molecule has 1 amide bonds. The van der Waals surface area contributed by atoms with E-state index in [0.29, 0.717) is 17.2 Å². The number of likely N-dealkylation sites (tertiary alicyclic amines) is 1. The molecule has 1 aliphatic rings. The maximum Gasteiger partial charge on any atom is 0.267 e. The summed E-state index contributed by atoms with van der Waals surface area (Å²) in [6.07, 6.45) is 1.26. The first-order valence-electron chi connectivity index (χ1n) is 5.31. The number of hydrogen-bond donors (Lipinski definition) is 1. The fraction of sp³-hybridized carbons (Fsp3) is 0.545. The van der Waals surface area contributed by atoms with Crippen molar-refractivity contribution in [2.24, 2.45) is 0 Å². The van der Waals surface area contributed by atoms with Crippen molar-refractivity contribution in [3.63, 3.8) is 0 Å². The molecule has 1 N–H and O–H groups in total. The van der Waals surface area contributed by atoms with Crippen molar-refractivity contribution in [2.75, 3.05) is 20.2 Å². The fourth-order valence-electron chi connectivity index (χ4n) is 1.90. The number of hydrogen-bond acceptors (Lipinski definition) is 4. The Kier molecular flexibility index (Phi) is 3.46. The molecule has 2 rings (SSSR count). The summed E-state index contributed by atoms with van der Waals surface area (Å²) >= 11 is 1.38. The van der Waals surface area contributed by atoms with E-state index >= 15 is 0 Å². The van der Waals surface area contributed by atoms with Gasteiger partial charge in [0.2, 0.25) is 0 Å². The van der Waals surface area contributed by atoms with E-state index in [4.69, 9.17) is 4.74 Å². The number of rotatable bonds is 2. The van der Waals surface area contributed by atoms with Crippen LogP contribution in [0, 0.1) is 0 Å². The maximum atomic E-state index is 12.1. The number of methoxy groups -OCH3 is 1. The third kappa shape index (κ3) is 2.20. The lowest BCUT2D eigenvalue weighted by Gasteiger charge is -2.29. The highest BCUT2D eigenvalue weighted by Gasteiger charge is 2.25. The Bertz CT molecular complexity index is 377. The van der Waals surface area contributed by atoms with Crippen LogP contribution in [0.4, 0.5) is 0 Å². The predicted molar refractivity (Wildman–Crippen MR) is 62.0 cm³/mol. The molecule has 0 saturated carbocycles. The van der Waals surface area contributed by atoms with Gasteiger partial charge in [-0.3, -0.25) is 4.79 Å². The van der Waals surface area contributed by atoms with Crippen LogP contribution in [0.25, 0.3) is 0 Å². The van der Waals surface area contributed by atoms with Crippen LogP contribution < -0.4 is 4.74 Å². The van der Waals surface area contributed by atoms with Crippen LogP contribution in [0.15, 0.2) is 11.4 Å². The van der Waals surface area contributed by atoms with Crippen LogP contribution in [0.2, 0.25) is 0 Å². The van der Waals surface area contributed by atoms with Gasteiger partial charge in [-0.05, 0) is 24.3 Å². The van der Waals surface area contributed by atoms with Gasteiger partial charge >= 0.3 is 0 Å². The molecule has 2 heterocycles. The summed E-state index contributed by atoms with van der Waals surface area (Å²) in [5, 5.41) is 11.4. The zero-order valence-corrected chi connectivity index (χ0v) is 10.00. The van der Waals surface area contributed by atoms with Gasteiger partial charge in [0.25, 0.3) is 5.91 Å². The van der Waals surface area contributed by atoms with E-state index in [9.17, 15) is 9.90 Å². The van der Waals surface area contributed by atoms with E-state index in [2.05, 4.69) is 0 Å². The Labute approximate surface area is 98.4 Å². The third-order valence-corrected chi connectivity index (χ3v) is 3.61. The molecule has 0 radical (unpaired) electrons. The topological polar surface area (TPSA) is 49.8 Å². The van der Waals surface area contributed by atoms with Gasteiger partial charge in [0.05, 0.1) is 13.2 Å². The Hall–Kier alpha value is -1.07. The number of aliphatic hydroxyl groups is 1. The maximum absolute atomic E-state index is 12.1. The molecule has 0 aromatic carbocycles. The summed E-state index contributed by atoms with van der Waals surface area (Å²) in [7, 11) is 1.56. The van der Waals surface area contributed by atoms with E-state index in [-0.39, 0.29) is 12.0 Å². The Morgan fingerprint density at radius 2 is 2.50 bits per heavy atom. The van der Waals surface area contributed by atoms with Crippen LogP contribution >= 0.6 is 11.3 Å². The molecular weight excluding hydrogens is 226 g/mol. The molecule has 16 heavy (non-hydrogen) atoms. The van der Waals surface area contributed by atoms with Crippen molar-refractivity contribution in [1.82, 2.24) is 4.90 Å². The first-order chi connectivity index (χ1) is 7.72. The summed E-state index contributed by atoms with van der Waals surface area (Å²) in [6.45, 7) is 1.15. The molecule has 0 bridgehead atoms. The van der Waals surface area contributed by atoms with Gasteiger partial charge in [-0.25, -0.2) is 0 Å². The highest BCUT2D eigenvalue weighted by molar-refractivity contribution is 7.12. The summed E-state index contributed by atoms with van der Waals surface area (Å²) in [6, 6.07) is 1.79. The van der Waals surface area contributed by atoms with Gasteiger partial charge in [0.15, 0.2) is 0 Å². The van der Waals surface area contributed by atoms with Crippen LogP contribution in [-0.2, 0) is 0 Å². The van der Waals surface area contributed by atoms with Gasteiger partial charge in [-0.2, -0.15) is 0 Å². The van der Waals surface area contributed by atoms with Crippen LogP contribution in [0.3, 0.4) is 0 Å². The predicted octanol–water partition coefficient (Wildman–Crippen LogP) is 1.35. The summed E-state index contributed by atoms with van der Waals surface area (Å²) in [4.78, 5) is 14.5. The van der Waals surface area contributed by atoms with Crippen molar-refractivity contribution in [3.8, 4) is 5.75 Å². The molecule has 1 aromatic heterocycles. The number of amides is 1. The molecule has 1 fully saturated rings. The van der Waals surface area contributed by atoms with E-state index in [1.54, 1.807) is 18.1 Å². The summed E-state index contributed by atoms with van der Waals surface area (Å²) < 4.78 is 5.12. The lowest BCUT2D eigenvalue weighted by Crippen LogP contribution is -2.41. The van der Waals surface area contributed by atoms with Gasteiger partial charge in [-0.15, -0.1) is 11.3 Å². The van der Waals surface area contributed by atoms with Crippen LogP contribution in [0.5, 0.6) is 5.75 Å². The number of ether oxygens (including phenoxy) is 1. The number of thiophene rings is 1. The monoisotopic (exact) mass is 241 g/mol. The first-order valence-corrected chi connectivity index (χ1v) is 6.19. The Morgan fingerprint density at radius 3 is 3.19 bits per heavy atom. The van der Waals surface area contributed by atoms with Crippen molar-refractivity contribution >= 4 is 17.2 Å². The lowest BCUT2D eigenvalue weighted by molar-refractivity contribution is 0.0475. The molecule has 1 saturated heterocycles. The Morgan fingerprint density at radius 1 is 1.69 bits per heavy atom. The highest BCUT2D eigenvalue weighted by Crippen LogP contribution is 2.27. The zero-order chi connectivity index (χ0) is 11.5. The summed E-state index contributed by atoms with van der Waals surface area (Å²) in [5.74, 6) is 0.584. The fourth-order valence-corrected chi connectivity index (χ4v) is 2.72. The number of aliphatic hydroxyl groups excluding tert-OH is 1. The lowest BCUT2D eigenvalue weighted by atomic mass is 10.1. The van der Waals surface area contributed by atoms with Crippen molar-refractivity contribution in [1.29, 1.82) is 0 Å². The molecule has 1 aliphatic heterocycles. The molecule has 0 aliphatic carbocycles. The number of carbonyl (C=O) groups excluding carboxylic acids is 1. The number of nitrogens with zero attached hydrogens (tertiary/aromatic N) is 1. The SMILES string of the molecule is COc1ccsc1C(=O)N1CCC[C@H](O)C1. The molecule has 0 unspecified atom stereocenters. The van der Waals surface area contributed by atoms with Gasteiger partial charge < -0.3 is 14.7 Å². The Balaban J connectivity index is 2.12. The minimum absolute atomic E-state index is 0.0365. The highest BCUT2D eigenvalue weighted by atomic mass is 32.1. The van der Waals surface area contributed by atoms with Crippen molar-refractivity contribution in [2.45, 2.75) is 18.9 Å². The minimum atomic E-state index is -0.386. The van der Waals surface area contributed by atoms with E-state index in [1.165, 1.54) is 11.3 Å². The molecule has 1 aromatic rings. The van der Waals surface area contributed by atoms with Gasteiger partial charge in [-0.1, -0.05) is 0 Å². The largest absolute Gasteiger partial charge is 0.495 e. The molecule has 88 valence electrons. The number of carbonyl (C=O) groups is 1. The molecule has 5 heteroatoms. The molecular formula is C11H15NO3S. The number of piperidine rings is 1. The van der Waals surface area contributed by atoms with Gasteiger partial charge in [0.1, 0.15) is 10.6 Å². The first kappa shape index (κ1) is 11.4.